The molecule has 32 heavy (non-hydrogen) atoms. The SMILES string of the molecule is CC(CN1CCN(c2ccccn2)CC1)NC(=O)CNC(=O)c1ccc(C(F)(F)F)cc1. The Labute approximate surface area is 184 Å². The number of aromatic nitrogens is 1. The van der Waals surface area contributed by atoms with E-state index in [0.29, 0.717) is 6.54 Å². The van der Waals surface area contributed by atoms with Gasteiger partial charge in [0.05, 0.1) is 12.1 Å². The van der Waals surface area contributed by atoms with Crippen molar-refractivity contribution in [3.63, 3.8) is 0 Å². The van der Waals surface area contributed by atoms with Gasteiger partial charge < -0.3 is 15.5 Å². The molecule has 1 saturated heterocycles. The van der Waals surface area contributed by atoms with Crippen molar-refractivity contribution in [2.24, 2.45) is 0 Å². The number of carbonyl (C=O) groups excluding carboxylic acids is 2. The molecule has 2 amide bonds. The summed E-state index contributed by atoms with van der Waals surface area (Å²) < 4.78 is 37.8. The van der Waals surface area contributed by atoms with E-state index >= 15 is 0 Å². The van der Waals surface area contributed by atoms with Gasteiger partial charge in [0.1, 0.15) is 5.82 Å². The number of amides is 2. The number of rotatable bonds is 7. The average Bonchev–Trinajstić information content (AvgIpc) is 2.78. The third kappa shape index (κ3) is 6.68. The first-order chi connectivity index (χ1) is 15.2. The summed E-state index contributed by atoms with van der Waals surface area (Å²) in [5.74, 6) is -0.00524. The van der Waals surface area contributed by atoms with Crippen molar-refractivity contribution in [3.8, 4) is 0 Å². The maximum atomic E-state index is 12.6. The van der Waals surface area contributed by atoms with Crippen LogP contribution in [0.3, 0.4) is 0 Å². The van der Waals surface area contributed by atoms with Gasteiger partial charge in [-0.1, -0.05) is 6.07 Å². The third-order valence-electron chi connectivity index (χ3n) is 5.17. The fraction of sp³-hybridized carbons (Fsp3) is 0.409. The lowest BCUT2D eigenvalue weighted by molar-refractivity contribution is -0.137. The Hall–Kier alpha value is -3.14. The zero-order valence-corrected chi connectivity index (χ0v) is 17.7. The largest absolute Gasteiger partial charge is 0.416 e. The molecule has 1 aromatic heterocycles. The molecule has 2 heterocycles. The fourth-order valence-electron chi connectivity index (χ4n) is 3.53. The maximum absolute atomic E-state index is 12.6. The third-order valence-corrected chi connectivity index (χ3v) is 5.17. The van der Waals surface area contributed by atoms with Crippen LogP contribution in [0.1, 0.15) is 22.8 Å². The number of hydrogen-bond acceptors (Lipinski definition) is 5. The molecule has 1 unspecified atom stereocenters. The zero-order valence-electron chi connectivity index (χ0n) is 17.7. The summed E-state index contributed by atoms with van der Waals surface area (Å²) in [5, 5.41) is 5.27. The number of hydrogen-bond donors (Lipinski definition) is 2. The van der Waals surface area contributed by atoms with Gasteiger partial charge in [0, 0.05) is 50.5 Å². The Morgan fingerprint density at radius 1 is 1.06 bits per heavy atom. The predicted molar refractivity (Wildman–Crippen MR) is 114 cm³/mol. The maximum Gasteiger partial charge on any atom is 0.416 e. The van der Waals surface area contributed by atoms with Crippen LogP contribution < -0.4 is 15.5 Å². The standard InChI is InChI=1S/C22H26F3N5O2/c1-16(15-29-10-12-30(13-11-29)19-4-2-3-9-26-19)28-20(31)14-27-21(32)17-5-7-18(8-6-17)22(23,24)25/h2-9,16H,10-15H2,1H3,(H,27,32)(H,28,31). The molecule has 0 spiro atoms. The summed E-state index contributed by atoms with van der Waals surface area (Å²) in [7, 11) is 0. The topological polar surface area (TPSA) is 77.6 Å². The van der Waals surface area contributed by atoms with E-state index in [9.17, 15) is 22.8 Å². The van der Waals surface area contributed by atoms with Crippen LogP contribution in [-0.2, 0) is 11.0 Å². The quantitative estimate of drug-likeness (QED) is 0.678. The Bertz CT molecular complexity index is 898. The van der Waals surface area contributed by atoms with Crippen LogP contribution in [0.2, 0.25) is 0 Å². The lowest BCUT2D eigenvalue weighted by Crippen LogP contribution is -2.51. The number of halogens is 3. The number of nitrogens with zero attached hydrogens (tertiary/aromatic N) is 3. The van der Waals surface area contributed by atoms with Crippen molar-refractivity contribution in [1.29, 1.82) is 0 Å². The minimum atomic E-state index is -4.46. The zero-order chi connectivity index (χ0) is 23.1. The molecule has 0 aliphatic carbocycles. The van der Waals surface area contributed by atoms with E-state index in [1.165, 1.54) is 0 Å². The van der Waals surface area contributed by atoms with E-state index in [0.717, 1.165) is 56.3 Å². The minimum absolute atomic E-state index is 0.0598. The number of pyridine rings is 1. The number of nitrogens with one attached hydrogen (secondary N) is 2. The van der Waals surface area contributed by atoms with Crippen molar-refractivity contribution in [2.45, 2.75) is 19.1 Å². The molecule has 1 fully saturated rings. The molecule has 0 radical (unpaired) electrons. The number of piperazine rings is 1. The highest BCUT2D eigenvalue weighted by molar-refractivity contribution is 5.96. The van der Waals surface area contributed by atoms with Crippen LogP contribution >= 0.6 is 0 Å². The number of benzene rings is 1. The molecule has 3 rings (SSSR count). The van der Waals surface area contributed by atoms with Gasteiger partial charge in [-0.3, -0.25) is 14.5 Å². The van der Waals surface area contributed by atoms with Gasteiger partial charge in [0.25, 0.3) is 5.91 Å². The highest BCUT2D eigenvalue weighted by atomic mass is 19.4. The Balaban J connectivity index is 1.37. The smallest absolute Gasteiger partial charge is 0.354 e. The average molecular weight is 449 g/mol. The van der Waals surface area contributed by atoms with Gasteiger partial charge in [-0.25, -0.2) is 4.98 Å². The van der Waals surface area contributed by atoms with Crippen LogP contribution in [0.15, 0.2) is 48.7 Å². The molecule has 1 aliphatic rings. The van der Waals surface area contributed by atoms with Crippen LogP contribution in [0.4, 0.5) is 19.0 Å². The van der Waals surface area contributed by atoms with Gasteiger partial charge in [-0.15, -0.1) is 0 Å². The van der Waals surface area contributed by atoms with E-state index in [1.54, 1.807) is 6.20 Å². The van der Waals surface area contributed by atoms with Crippen molar-refractivity contribution in [3.05, 3.63) is 59.8 Å². The van der Waals surface area contributed by atoms with Crippen molar-refractivity contribution in [2.75, 3.05) is 44.2 Å². The van der Waals surface area contributed by atoms with Gasteiger partial charge in [0.15, 0.2) is 0 Å². The van der Waals surface area contributed by atoms with E-state index < -0.39 is 17.6 Å². The first-order valence-electron chi connectivity index (χ1n) is 10.4. The van der Waals surface area contributed by atoms with E-state index in [2.05, 4.69) is 25.4 Å². The van der Waals surface area contributed by atoms with Crippen molar-refractivity contribution >= 4 is 17.6 Å². The lowest BCUT2D eigenvalue weighted by atomic mass is 10.1. The summed E-state index contributed by atoms with van der Waals surface area (Å²) in [5.41, 5.74) is -0.772. The van der Waals surface area contributed by atoms with Crippen LogP contribution in [0.25, 0.3) is 0 Å². The Kier molecular flexibility index (Phi) is 7.68. The van der Waals surface area contributed by atoms with Gasteiger partial charge in [-0.2, -0.15) is 13.2 Å². The van der Waals surface area contributed by atoms with E-state index in [-0.39, 0.29) is 24.1 Å². The molecule has 1 aromatic carbocycles. The molecule has 2 aromatic rings. The molecule has 2 N–H and O–H groups in total. The number of alkyl halides is 3. The summed E-state index contributed by atoms with van der Waals surface area (Å²) >= 11 is 0. The monoisotopic (exact) mass is 449 g/mol. The fourth-order valence-corrected chi connectivity index (χ4v) is 3.53. The first-order valence-corrected chi connectivity index (χ1v) is 10.4. The molecular weight excluding hydrogens is 423 g/mol. The number of anilines is 1. The summed E-state index contributed by atoms with van der Waals surface area (Å²) in [6.07, 6.45) is -2.69. The van der Waals surface area contributed by atoms with Gasteiger partial charge in [0.2, 0.25) is 5.91 Å². The first kappa shape index (κ1) is 23.5. The molecule has 0 saturated carbocycles. The van der Waals surface area contributed by atoms with Crippen molar-refractivity contribution in [1.82, 2.24) is 20.5 Å². The molecule has 0 bridgehead atoms. The molecule has 1 atom stereocenters. The van der Waals surface area contributed by atoms with Gasteiger partial charge >= 0.3 is 6.18 Å². The molecule has 10 heteroatoms. The molecule has 7 nitrogen and oxygen atoms in total. The summed E-state index contributed by atoms with van der Waals surface area (Å²) in [6, 6.07) is 9.56. The second kappa shape index (κ2) is 10.4. The molecule has 172 valence electrons. The van der Waals surface area contributed by atoms with Crippen LogP contribution in [0.5, 0.6) is 0 Å². The van der Waals surface area contributed by atoms with Crippen LogP contribution in [0, 0.1) is 0 Å². The highest BCUT2D eigenvalue weighted by Gasteiger charge is 2.30. The molecule has 1 aliphatic heterocycles. The predicted octanol–water partition coefficient (Wildman–Crippen LogP) is 2.16. The molecular formula is C22H26F3N5O2. The second-order valence-corrected chi connectivity index (χ2v) is 7.70. The Morgan fingerprint density at radius 2 is 1.75 bits per heavy atom. The van der Waals surface area contributed by atoms with Crippen LogP contribution in [-0.4, -0.2) is 67.0 Å². The lowest BCUT2D eigenvalue weighted by Gasteiger charge is -2.36. The highest BCUT2D eigenvalue weighted by Crippen LogP contribution is 2.29. The number of carbonyl (C=O) groups is 2. The van der Waals surface area contributed by atoms with E-state index in [1.807, 2.05) is 25.1 Å². The summed E-state index contributed by atoms with van der Waals surface area (Å²) in [6.45, 7) is 5.71. The Morgan fingerprint density at radius 3 is 2.34 bits per heavy atom. The second-order valence-electron chi connectivity index (χ2n) is 7.70. The normalized spacial score (nSPS) is 15.8. The minimum Gasteiger partial charge on any atom is -0.354 e. The van der Waals surface area contributed by atoms with Crippen molar-refractivity contribution < 1.29 is 22.8 Å². The van der Waals surface area contributed by atoms with Gasteiger partial charge in [-0.05, 0) is 43.3 Å². The summed E-state index contributed by atoms with van der Waals surface area (Å²) in [4.78, 5) is 33.1. The van der Waals surface area contributed by atoms with E-state index in [4.69, 9.17) is 0 Å².